The van der Waals surface area contributed by atoms with E-state index < -0.39 is 5.82 Å². The van der Waals surface area contributed by atoms with Crippen molar-refractivity contribution in [2.75, 3.05) is 40.3 Å². The van der Waals surface area contributed by atoms with Gasteiger partial charge in [0.2, 0.25) is 5.91 Å². The molecule has 0 bridgehead atoms. The zero-order valence-corrected chi connectivity index (χ0v) is 18.2. The molecule has 2 aliphatic rings. The molecule has 0 aromatic heterocycles. The van der Waals surface area contributed by atoms with Crippen LogP contribution in [0, 0.1) is 17.7 Å². The van der Waals surface area contributed by atoms with E-state index in [-0.39, 0.29) is 43.0 Å². The molecule has 2 aliphatic heterocycles. The summed E-state index contributed by atoms with van der Waals surface area (Å²) in [5, 5.41) is 9.94. The maximum atomic E-state index is 13.2. The number of rotatable bonds is 4. The van der Waals surface area contributed by atoms with Crippen LogP contribution in [-0.2, 0) is 4.79 Å². The lowest BCUT2D eigenvalue weighted by atomic mass is 9.73. The van der Waals surface area contributed by atoms with Gasteiger partial charge in [-0.1, -0.05) is 24.0 Å². The zero-order valence-electron chi connectivity index (χ0n) is 18.2. The summed E-state index contributed by atoms with van der Waals surface area (Å²) in [6, 6.07) is 12.7. The van der Waals surface area contributed by atoms with Gasteiger partial charge in [-0.15, -0.1) is 0 Å². The molecule has 2 aromatic rings. The van der Waals surface area contributed by atoms with Gasteiger partial charge in [0.25, 0.3) is 5.91 Å². The highest BCUT2D eigenvalue weighted by atomic mass is 19.1. The summed E-state index contributed by atoms with van der Waals surface area (Å²) in [7, 11) is 3.93. The van der Waals surface area contributed by atoms with Crippen LogP contribution in [0.25, 0.3) is 0 Å². The number of carbonyl (C=O) groups is 2. The van der Waals surface area contributed by atoms with Gasteiger partial charge in [0, 0.05) is 23.6 Å². The van der Waals surface area contributed by atoms with Gasteiger partial charge in [-0.2, -0.15) is 0 Å². The number of aliphatic hydroxyl groups is 1. The number of carbonyl (C=O) groups excluding carboxylic acids is 2. The minimum absolute atomic E-state index is 0.0453. The summed E-state index contributed by atoms with van der Waals surface area (Å²) in [6.07, 6.45) is 0. The van der Waals surface area contributed by atoms with Crippen molar-refractivity contribution in [2.45, 2.75) is 18.0 Å². The number of hydrogen-bond acceptors (Lipinski definition) is 4. The molecule has 32 heavy (non-hydrogen) atoms. The second-order valence-electron chi connectivity index (χ2n) is 8.50. The number of aliphatic hydroxyl groups excluding tert-OH is 1. The number of hydrogen-bond donors (Lipinski definition) is 1. The number of fused-ring (bicyclic) bond motifs is 1. The van der Waals surface area contributed by atoms with Crippen molar-refractivity contribution in [1.82, 2.24) is 14.7 Å². The summed E-state index contributed by atoms with van der Waals surface area (Å²) >= 11 is 0. The smallest absolute Gasteiger partial charge is 0.254 e. The first-order valence-corrected chi connectivity index (χ1v) is 10.6. The number of halogens is 1. The maximum Gasteiger partial charge on any atom is 0.254 e. The monoisotopic (exact) mass is 435 g/mol. The van der Waals surface area contributed by atoms with Crippen LogP contribution < -0.4 is 0 Å². The quantitative estimate of drug-likeness (QED) is 0.741. The predicted octanol–water partition coefficient (Wildman–Crippen LogP) is 1.55. The van der Waals surface area contributed by atoms with Crippen molar-refractivity contribution in [2.24, 2.45) is 0 Å². The third kappa shape index (κ3) is 4.24. The van der Waals surface area contributed by atoms with Crippen molar-refractivity contribution in [1.29, 1.82) is 0 Å². The van der Waals surface area contributed by atoms with Crippen LogP contribution in [0.4, 0.5) is 4.39 Å². The molecule has 2 aromatic carbocycles. The Balaban J connectivity index is 1.52. The van der Waals surface area contributed by atoms with Gasteiger partial charge in [0.1, 0.15) is 12.4 Å². The first-order valence-electron chi connectivity index (χ1n) is 10.6. The Labute approximate surface area is 187 Å². The van der Waals surface area contributed by atoms with E-state index in [0.29, 0.717) is 18.7 Å². The van der Waals surface area contributed by atoms with Crippen molar-refractivity contribution >= 4 is 11.8 Å². The molecular weight excluding hydrogens is 409 g/mol. The van der Waals surface area contributed by atoms with E-state index in [0.717, 1.165) is 11.1 Å². The summed E-state index contributed by atoms with van der Waals surface area (Å²) in [6.45, 7) is 0.862. The van der Waals surface area contributed by atoms with E-state index in [1.807, 2.05) is 43.3 Å². The van der Waals surface area contributed by atoms with E-state index in [9.17, 15) is 19.1 Å². The summed E-state index contributed by atoms with van der Waals surface area (Å²) < 4.78 is 13.2. The molecule has 7 heteroatoms. The zero-order chi connectivity index (χ0) is 22.8. The molecular formula is C25H26FN3O3. The normalized spacial score (nSPS) is 22.2. The molecule has 0 unspecified atom stereocenters. The minimum Gasteiger partial charge on any atom is -0.394 e. The van der Waals surface area contributed by atoms with Crippen LogP contribution in [0.1, 0.15) is 27.4 Å². The minimum atomic E-state index is -0.415. The van der Waals surface area contributed by atoms with Crippen molar-refractivity contribution in [3.8, 4) is 11.8 Å². The third-order valence-corrected chi connectivity index (χ3v) is 6.05. The lowest BCUT2D eigenvalue weighted by molar-refractivity contribution is -0.159. The van der Waals surface area contributed by atoms with Crippen LogP contribution in [0.5, 0.6) is 0 Å². The van der Waals surface area contributed by atoms with Gasteiger partial charge < -0.3 is 14.9 Å². The van der Waals surface area contributed by atoms with Crippen LogP contribution in [0.3, 0.4) is 0 Å². The molecule has 2 amide bonds. The highest BCUT2D eigenvalue weighted by molar-refractivity contribution is 5.97. The second-order valence-corrected chi connectivity index (χ2v) is 8.50. The Bertz CT molecular complexity index is 1060. The van der Waals surface area contributed by atoms with Crippen LogP contribution in [-0.4, -0.2) is 84.0 Å². The fourth-order valence-electron chi connectivity index (χ4n) is 4.52. The molecule has 2 fully saturated rings. The van der Waals surface area contributed by atoms with Crippen LogP contribution in [0.15, 0.2) is 48.5 Å². The molecule has 4 rings (SSSR count). The molecule has 166 valence electrons. The topological polar surface area (TPSA) is 64.1 Å². The van der Waals surface area contributed by atoms with Crippen molar-refractivity contribution < 1.29 is 19.1 Å². The second kappa shape index (κ2) is 9.11. The Kier molecular flexibility index (Phi) is 6.26. The van der Waals surface area contributed by atoms with Gasteiger partial charge in [-0.25, -0.2) is 4.39 Å². The fraction of sp³-hybridized carbons (Fsp3) is 0.360. The van der Waals surface area contributed by atoms with Gasteiger partial charge >= 0.3 is 0 Å². The van der Waals surface area contributed by atoms with Crippen molar-refractivity contribution in [3.63, 3.8) is 0 Å². The Morgan fingerprint density at radius 2 is 1.84 bits per heavy atom. The molecule has 0 radical (unpaired) electrons. The molecule has 2 saturated heterocycles. The van der Waals surface area contributed by atoms with Crippen LogP contribution >= 0.6 is 0 Å². The first-order chi connectivity index (χ1) is 15.4. The number of piperazine rings is 1. The Morgan fingerprint density at radius 3 is 2.47 bits per heavy atom. The van der Waals surface area contributed by atoms with Crippen LogP contribution in [0.2, 0.25) is 0 Å². The lowest BCUT2D eigenvalue weighted by Crippen LogP contribution is -2.73. The number of nitrogens with zero attached hydrogens (tertiary/aromatic N) is 3. The predicted molar refractivity (Wildman–Crippen MR) is 118 cm³/mol. The first kappa shape index (κ1) is 22.0. The number of benzene rings is 2. The largest absolute Gasteiger partial charge is 0.394 e. The molecule has 6 nitrogen and oxygen atoms in total. The lowest BCUT2D eigenvalue weighted by Gasteiger charge is -2.58. The van der Waals surface area contributed by atoms with Gasteiger partial charge in [-0.05, 0) is 56.1 Å². The average molecular weight is 435 g/mol. The Hall–Kier alpha value is -3.21. The summed E-state index contributed by atoms with van der Waals surface area (Å²) in [5.41, 5.74) is 2.26. The van der Waals surface area contributed by atoms with E-state index in [1.54, 1.807) is 4.90 Å². The highest BCUT2D eigenvalue weighted by Gasteiger charge is 2.54. The maximum absolute atomic E-state index is 13.2. The van der Waals surface area contributed by atoms with Crippen molar-refractivity contribution in [3.05, 3.63) is 71.0 Å². The van der Waals surface area contributed by atoms with E-state index in [2.05, 4.69) is 11.8 Å². The van der Waals surface area contributed by atoms with E-state index >= 15 is 0 Å². The summed E-state index contributed by atoms with van der Waals surface area (Å²) in [5.74, 6) is 5.26. The average Bonchev–Trinajstić information content (AvgIpc) is 2.76. The van der Waals surface area contributed by atoms with Gasteiger partial charge in [-0.3, -0.25) is 14.5 Å². The molecule has 3 atom stereocenters. The third-order valence-electron chi connectivity index (χ3n) is 6.05. The highest BCUT2D eigenvalue weighted by Crippen LogP contribution is 2.43. The number of amides is 2. The molecule has 0 aliphatic carbocycles. The van der Waals surface area contributed by atoms with Gasteiger partial charge in [0.05, 0.1) is 25.2 Å². The fourth-order valence-corrected chi connectivity index (χ4v) is 4.52. The molecule has 2 heterocycles. The Morgan fingerprint density at radius 1 is 1.16 bits per heavy atom. The molecule has 1 N–H and O–H groups in total. The SMILES string of the molecule is CN(C)CC#Cc1ccc([C@@H]2[C@@H](CO)N3C(=O)CN(C(=O)c4ccc(F)cc4)C[C@@H]23)cc1. The van der Waals surface area contributed by atoms with Gasteiger partial charge in [0.15, 0.2) is 0 Å². The molecule has 0 spiro atoms. The standard InChI is InChI=1S/C25H26FN3O3/c1-27(2)13-3-4-17-5-7-18(8-6-17)24-21-14-28(15-23(31)29(21)22(24)16-30)25(32)19-9-11-20(26)12-10-19/h5-12,21-22,24,30H,13-16H2,1-2H3/t21-,22+,24-/m0/s1. The van der Waals surface area contributed by atoms with E-state index in [1.165, 1.54) is 29.2 Å². The van der Waals surface area contributed by atoms with E-state index in [4.69, 9.17) is 0 Å². The molecule has 0 saturated carbocycles. The summed E-state index contributed by atoms with van der Waals surface area (Å²) in [4.78, 5) is 30.9.